The first-order valence-electron chi connectivity index (χ1n) is 7.46. The average Bonchev–Trinajstić information content (AvgIpc) is 2.37. The van der Waals surface area contributed by atoms with Gasteiger partial charge in [0.2, 0.25) is 5.88 Å². The van der Waals surface area contributed by atoms with Crippen LogP contribution in [0.4, 0.5) is 0 Å². The van der Waals surface area contributed by atoms with Gasteiger partial charge < -0.3 is 10.5 Å². The normalized spacial score (nSPS) is 22.6. The zero-order chi connectivity index (χ0) is 14.7. The molecule has 20 heavy (non-hydrogen) atoms. The summed E-state index contributed by atoms with van der Waals surface area (Å²) < 4.78 is 6.16. The lowest BCUT2D eigenvalue weighted by atomic mass is 9.85. The molecule has 0 spiro atoms. The first kappa shape index (κ1) is 15.2. The van der Waals surface area contributed by atoms with Crippen molar-refractivity contribution < 1.29 is 4.74 Å². The van der Waals surface area contributed by atoms with Gasteiger partial charge in [0.15, 0.2) is 0 Å². The first-order valence-corrected chi connectivity index (χ1v) is 7.86. The van der Waals surface area contributed by atoms with Crippen LogP contribution < -0.4 is 10.5 Å². The molecule has 0 saturated heterocycles. The van der Waals surface area contributed by atoms with Crippen molar-refractivity contribution in [1.29, 1.82) is 0 Å². The van der Waals surface area contributed by atoms with E-state index < -0.39 is 0 Å². The highest BCUT2D eigenvalue weighted by atomic mass is 32.1. The van der Waals surface area contributed by atoms with E-state index in [-0.39, 0.29) is 6.10 Å². The molecule has 1 saturated carbocycles. The van der Waals surface area contributed by atoms with Crippen LogP contribution in [-0.2, 0) is 0 Å². The van der Waals surface area contributed by atoms with Gasteiger partial charge in [-0.2, -0.15) is 0 Å². The van der Waals surface area contributed by atoms with Crippen LogP contribution in [0.15, 0.2) is 6.07 Å². The van der Waals surface area contributed by atoms with E-state index in [4.69, 9.17) is 22.7 Å². The Kier molecular flexibility index (Phi) is 4.97. The van der Waals surface area contributed by atoms with E-state index in [0.29, 0.717) is 10.9 Å². The number of ether oxygens (including phenoxy) is 1. The summed E-state index contributed by atoms with van der Waals surface area (Å²) in [5, 5.41) is 0. The van der Waals surface area contributed by atoms with Crippen LogP contribution in [0, 0.1) is 19.8 Å². The Bertz CT molecular complexity index is 501. The summed E-state index contributed by atoms with van der Waals surface area (Å²) in [4.78, 5) is 4.88. The molecule has 4 heteroatoms. The highest BCUT2D eigenvalue weighted by Crippen LogP contribution is 2.31. The predicted molar refractivity (Wildman–Crippen MR) is 86.3 cm³/mol. The van der Waals surface area contributed by atoms with Gasteiger partial charge in [0.05, 0.1) is 5.56 Å². The number of aryl methyl sites for hydroxylation is 2. The number of thiocarbonyl (C=S) groups is 1. The lowest BCUT2D eigenvalue weighted by Gasteiger charge is -2.29. The van der Waals surface area contributed by atoms with E-state index in [9.17, 15) is 0 Å². The number of nitrogens with zero attached hydrogens (tertiary/aromatic N) is 1. The first-order chi connectivity index (χ1) is 9.51. The summed E-state index contributed by atoms with van der Waals surface area (Å²) in [6, 6.07) is 2.00. The molecule has 1 heterocycles. The molecule has 2 N–H and O–H groups in total. The molecule has 1 aliphatic carbocycles. The third-order valence-electron chi connectivity index (χ3n) is 4.15. The van der Waals surface area contributed by atoms with Crippen molar-refractivity contribution in [1.82, 2.24) is 4.98 Å². The number of pyridine rings is 1. The molecular formula is C16H24N2OS. The van der Waals surface area contributed by atoms with E-state index in [1.165, 1.54) is 19.3 Å². The van der Waals surface area contributed by atoms with Crippen LogP contribution in [0.25, 0.3) is 0 Å². The molecule has 0 aliphatic heterocycles. The highest BCUT2D eigenvalue weighted by Gasteiger charge is 2.24. The molecular weight excluding hydrogens is 268 g/mol. The molecule has 0 bridgehead atoms. The second-order valence-corrected chi connectivity index (χ2v) is 6.25. The van der Waals surface area contributed by atoms with Crippen molar-refractivity contribution in [2.75, 3.05) is 0 Å². The minimum absolute atomic E-state index is 0.246. The van der Waals surface area contributed by atoms with Gasteiger partial charge in [-0.05, 0) is 50.7 Å². The highest BCUT2D eigenvalue weighted by molar-refractivity contribution is 7.80. The van der Waals surface area contributed by atoms with Crippen LogP contribution in [0.3, 0.4) is 0 Å². The standard InChI is InChI=1S/C16H24N2OS/c1-4-12-6-5-7-13(9-12)19-16-14(15(17)20)10(2)8-11(3)18-16/h8,12-13H,4-7,9H2,1-3H3,(H2,17,20). The summed E-state index contributed by atoms with van der Waals surface area (Å²) >= 11 is 5.15. The topological polar surface area (TPSA) is 48.1 Å². The summed E-state index contributed by atoms with van der Waals surface area (Å²) in [5.41, 5.74) is 8.62. The van der Waals surface area contributed by atoms with Crippen LogP contribution in [0.1, 0.15) is 55.8 Å². The van der Waals surface area contributed by atoms with Gasteiger partial charge in [-0.25, -0.2) is 4.98 Å². The predicted octanol–water partition coefficient (Wildman–Crippen LogP) is 3.68. The summed E-state index contributed by atoms with van der Waals surface area (Å²) in [6.07, 6.45) is 6.23. The van der Waals surface area contributed by atoms with E-state index in [1.807, 2.05) is 19.9 Å². The largest absolute Gasteiger partial charge is 0.474 e. The summed E-state index contributed by atoms with van der Waals surface area (Å²) in [7, 11) is 0. The lowest BCUT2D eigenvalue weighted by molar-refractivity contribution is 0.116. The molecule has 0 aromatic carbocycles. The molecule has 2 rings (SSSR count). The molecule has 3 nitrogen and oxygen atoms in total. The SMILES string of the molecule is CCC1CCCC(Oc2nc(C)cc(C)c2C(N)=S)C1. The minimum Gasteiger partial charge on any atom is -0.474 e. The summed E-state index contributed by atoms with van der Waals surface area (Å²) in [5.74, 6) is 1.39. The molecule has 2 unspecified atom stereocenters. The Hall–Kier alpha value is -1.16. The Morgan fingerprint density at radius 2 is 2.20 bits per heavy atom. The maximum atomic E-state index is 6.16. The number of hydrogen-bond donors (Lipinski definition) is 1. The van der Waals surface area contributed by atoms with Gasteiger partial charge in [0.1, 0.15) is 11.1 Å². The molecule has 1 fully saturated rings. The Morgan fingerprint density at radius 3 is 2.85 bits per heavy atom. The Balaban J connectivity index is 2.22. The second-order valence-electron chi connectivity index (χ2n) is 5.81. The van der Waals surface area contributed by atoms with E-state index >= 15 is 0 Å². The lowest BCUT2D eigenvalue weighted by Crippen LogP contribution is -2.27. The number of aromatic nitrogens is 1. The fraction of sp³-hybridized carbons (Fsp3) is 0.625. The van der Waals surface area contributed by atoms with Gasteiger partial charge in [-0.3, -0.25) is 0 Å². The zero-order valence-electron chi connectivity index (χ0n) is 12.6. The van der Waals surface area contributed by atoms with Crippen molar-refractivity contribution >= 4 is 17.2 Å². The van der Waals surface area contributed by atoms with Crippen molar-refractivity contribution in [2.45, 2.75) is 59.0 Å². The molecule has 1 aromatic heterocycles. The van der Waals surface area contributed by atoms with E-state index in [2.05, 4.69) is 11.9 Å². The minimum atomic E-state index is 0.246. The third-order valence-corrected chi connectivity index (χ3v) is 4.35. The van der Waals surface area contributed by atoms with Crippen molar-refractivity contribution in [2.24, 2.45) is 11.7 Å². The zero-order valence-corrected chi connectivity index (χ0v) is 13.4. The number of nitrogens with two attached hydrogens (primary N) is 1. The Morgan fingerprint density at radius 1 is 1.45 bits per heavy atom. The Labute approximate surface area is 126 Å². The van der Waals surface area contributed by atoms with Gasteiger partial charge in [0.25, 0.3) is 0 Å². The fourth-order valence-electron chi connectivity index (χ4n) is 3.06. The monoisotopic (exact) mass is 292 g/mol. The van der Waals surface area contributed by atoms with Crippen molar-refractivity contribution in [3.63, 3.8) is 0 Å². The average molecular weight is 292 g/mol. The molecule has 110 valence electrons. The summed E-state index contributed by atoms with van der Waals surface area (Å²) in [6.45, 7) is 6.23. The van der Waals surface area contributed by atoms with Crippen molar-refractivity contribution in [3.05, 3.63) is 22.9 Å². The molecule has 0 amide bonds. The number of rotatable bonds is 4. The van der Waals surface area contributed by atoms with Crippen molar-refractivity contribution in [3.8, 4) is 5.88 Å². The maximum absolute atomic E-state index is 6.16. The molecule has 1 aliphatic rings. The molecule has 1 aromatic rings. The fourth-order valence-corrected chi connectivity index (χ4v) is 3.31. The van der Waals surface area contributed by atoms with E-state index in [1.54, 1.807) is 0 Å². The van der Waals surface area contributed by atoms with Gasteiger partial charge >= 0.3 is 0 Å². The van der Waals surface area contributed by atoms with Gasteiger partial charge in [0, 0.05) is 5.69 Å². The number of hydrogen-bond acceptors (Lipinski definition) is 3. The van der Waals surface area contributed by atoms with Crippen LogP contribution in [-0.4, -0.2) is 16.1 Å². The quantitative estimate of drug-likeness (QED) is 0.860. The second kappa shape index (κ2) is 6.53. The van der Waals surface area contributed by atoms with Gasteiger partial charge in [-0.15, -0.1) is 0 Å². The van der Waals surface area contributed by atoms with Gasteiger partial charge in [-0.1, -0.05) is 32.0 Å². The van der Waals surface area contributed by atoms with Crippen LogP contribution in [0.2, 0.25) is 0 Å². The molecule has 0 radical (unpaired) electrons. The third kappa shape index (κ3) is 3.48. The maximum Gasteiger partial charge on any atom is 0.224 e. The molecule has 2 atom stereocenters. The van der Waals surface area contributed by atoms with Crippen LogP contribution >= 0.6 is 12.2 Å². The van der Waals surface area contributed by atoms with E-state index in [0.717, 1.165) is 35.6 Å². The van der Waals surface area contributed by atoms with Crippen LogP contribution in [0.5, 0.6) is 5.88 Å². The smallest absolute Gasteiger partial charge is 0.224 e.